The first-order valence-corrected chi connectivity index (χ1v) is 6.46. The lowest BCUT2D eigenvalue weighted by molar-refractivity contribution is 0.0925. The van der Waals surface area contributed by atoms with Crippen LogP contribution in [-0.2, 0) is 0 Å². The number of halogens is 3. The van der Waals surface area contributed by atoms with Crippen LogP contribution in [0.4, 0.5) is 4.39 Å². The maximum Gasteiger partial charge on any atom is 0.253 e. The van der Waals surface area contributed by atoms with E-state index in [0.29, 0.717) is 0 Å². The van der Waals surface area contributed by atoms with Crippen LogP contribution in [-0.4, -0.2) is 18.0 Å². The summed E-state index contributed by atoms with van der Waals surface area (Å²) in [4.78, 5) is 12.0. The fourth-order valence-corrected chi connectivity index (χ4v) is 2.42. The Hall–Kier alpha value is -0.840. The van der Waals surface area contributed by atoms with Crippen molar-refractivity contribution >= 4 is 29.9 Å². The van der Waals surface area contributed by atoms with Crippen molar-refractivity contribution in [3.8, 4) is 0 Å². The monoisotopic (exact) mass is 306 g/mol. The van der Waals surface area contributed by atoms with Gasteiger partial charge in [0, 0.05) is 12.1 Å². The summed E-state index contributed by atoms with van der Waals surface area (Å²) in [6.07, 6.45) is 3.53. The highest BCUT2D eigenvalue weighted by Gasteiger charge is 2.22. The Balaban J connectivity index is 0.00000180. The summed E-state index contributed by atoms with van der Waals surface area (Å²) in [5.41, 5.74) is 5.99. The zero-order valence-corrected chi connectivity index (χ0v) is 11.9. The molecule has 0 aliphatic heterocycles. The third-order valence-corrected chi connectivity index (χ3v) is 3.69. The molecule has 1 amide bonds. The molecule has 2 rings (SSSR count). The molecular formula is C13H17Cl2FN2O. The molecule has 1 aromatic carbocycles. The number of rotatable bonds is 2. The second-order valence-corrected chi connectivity index (χ2v) is 5.06. The Labute approximate surface area is 123 Å². The number of carbonyl (C=O) groups is 1. The van der Waals surface area contributed by atoms with Crippen molar-refractivity contribution < 1.29 is 9.18 Å². The fourth-order valence-electron chi connectivity index (χ4n) is 2.21. The van der Waals surface area contributed by atoms with Crippen molar-refractivity contribution in [3.63, 3.8) is 0 Å². The molecule has 106 valence electrons. The number of nitrogens with two attached hydrogens (primary N) is 1. The number of carbonyl (C=O) groups excluding carboxylic acids is 1. The Morgan fingerprint density at radius 2 is 1.95 bits per heavy atom. The van der Waals surface area contributed by atoms with Gasteiger partial charge in [-0.3, -0.25) is 4.79 Å². The lowest BCUT2D eigenvalue weighted by Gasteiger charge is -2.26. The lowest BCUT2D eigenvalue weighted by Crippen LogP contribution is -2.40. The number of hydrogen-bond donors (Lipinski definition) is 2. The molecule has 0 spiro atoms. The first-order chi connectivity index (χ1) is 8.58. The van der Waals surface area contributed by atoms with Crippen LogP contribution in [0.3, 0.4) is 0 Å². The van der Waals surface area contributed by atoms with Crippen molar-refractivity contribution in [3.05, 3.63) is 34.6 Å². The topological polar surface area (TPSA) is 55.1 Å². The van der Waals surface area contributed by atoms with E-state index in [1.54, 1.807) is 0 Å². The van der Waals surface area contributed by atoms with Gasteiger partial charge in [0.15, 0.2) is 0 Å². The number of hydrogen-bond acceptors (Lipinski definition) is 2. The van der Waals surface area contributed by atoms with Gasteiger partial charge in [-0.2, -0.15) is 0 Å². The Morgan fingerprint density at radius 3 is 2.58 bits per heavy atom. The summed E-state index contributed by atoms with van der Waals surface area (Å²) in [6, 6.07) is 4.58. The van der Waals surface area contributed by atoms with E-state index in [2.05, 4.69) is 5.32 Å². The highest BCUT2D eigenvalue weighted by molar-refractivity contribution is 6.34. The average molecular weight is 307 g/mol. The van der Waals surface area contributed by atoms with Crippen LogP contribution in [0.15, 0.2) is 18.2 Å². The third kappa shape index (κ3) is 4.06. The van der Waals surface area contributed by atoms with Crippen LogP contribution in [0.5, 0.6) is 0 Å². The van der Waals surface area contributed by atoms with Crippen molar-refractivity contribution in [1.29, 1.82) is 0 Å². The Morgan fingerprint density at radius 1 is 1.32 bits per heavy atom. The van der Waals surface area contributed by atoms with E-state index < -0.39 is 5.82 Å². The normalized spacial score (nSPS) is 22.5. The largest absolute Gasteiger partial charge is 0.349 e. The van der Waals surface area contributed by atoms with Gasteiger partial charge in [-0.25, -0.2) is 4.39 Å². The van der Waals surface area contributed by atoms with E-state index in [4.69, 9.17) is 17.3 Å². The van der Waals surface area contributed by atoms with Crippen LogP contribution in [0.25, 0.3) is 0 Å². The summed E-state index contributed by atoms with van der Waals surface area (Å²) in [5.74, 6) is -0.894. The molecule has 0 saturated heterocycles. The zero-order chi connectivity index (χ0) is 13.1. The molecule has 0 unspecified atom stereocenters. The van der Waals surface area contributed by atoms with E-state index in [1.807, 2.05) is 0 Å². The summed E-state index contributed by atoms with van der Waals surface area (Å²) in [5, 5.41) is 2.76. The van der Waals surface area contributed by atoms with Crippen LogP contribution in [0.1, 0.15) is 36.0 Å². The van der Waals surface area contributed by atoms with E-state index in [-0.39, 0.29) is 41.0 Å². The zero-order valence-electron chi connectivity index (χ0n) is 10.4. The van der Waals surface area contributed by atoms with Crippen LogP contribution < -0.4 is 11.1 Å². The molecule has 1 aliphatic rings. The highest BCUT2D eigenvalue weighted by atomic mass is 35.5. The van der Waals surface area contributed by atoms with Gasteiger partial charge in [0.2, 0.25) is 0 Å². The highest BCUT2D eigenvalue weighted by Crippen LogP contribution is 2.21. The van der Waals surface area contributed by atoms with E-state index in [0.717, 1.165) is 25.7 Å². The molecular weight excluding hydrogens is 290 g/mol. The first kappa shape index (κ1) is 16.2. The minimum absolute atomic E-state index is 0. The third-order valence-electron chi connectivity index (χ3n) is 3.30. The van der Waals surface area contributed by atoms with Gasteiger partial charge in [-0.15, -0.1) is 12.4 Å². The molecule has 0 aromatic heterocycles. The number of benzene rings is 1. The Bertz CT molecular complexity index is 448. The lowest BCUT2D eigenvalue weighted by atomic mass is 9.91. The van der Waals surface area contributed by atoms with Crippen LogP contribution >= 0.6 is 24.0 Å². The SMILES string of the molecule is Cl.NC1CCC(NC(=O)c2cccc(F)c2Cl)CC1. The second-order valence-electron chi connectivity index (χ2n) is 4.69. The number of amides is 1. The van der Waals surface area contributed by atoms with Crippen LogP contribution in [0.2, 0.25) is 5.02 Å². The molecule has 19 heavy (non-hydrogen) atoms. The van der Waals surface area contributed by atoms with Gasteiger partial charge in [-0.05, 0) is 37.8 Å². The second kappa shape index (κ2) is 7.08. The molecule has 0 bridgehead atoms. The molecule has 0 radical (unpaired) electrons. The molecule has 0 heterocycles. The van der Waals surface area contributed by atoms with E-state index in [1.165, 1.54) is 18.2 Å². The van der Waals surface area contributed by atoms with Gasteiger partial charge in [0.05, 0.1) is 10.6 Å². The molecule has 0 atom stereocenters. The minimum atomic E-state index is -0.574. The van der Waals surface area contributed by atoms with Crippen molar-refractivity contribution in [2.75, 3.05) is 0 Å². The molecule has 1 aromatic rings. The summed E-state index contributed by atoms with van der Waals surface area (Å²) in [6.45, 7) is 0. The molecule has 1 fully saturated rings. The van der Waals surface area contributed by atoms with Gasteiger partial charge >= 0.3 is 0 Å². The molecule has 3 N–H and O–H groups in total. The maximum atomic E-state index is 13.2. The van der Waals surface area contributed by atoms with E-state index in [9.17, 15) is 9.18 Å². The summed E-state index contributed by atoms with van der Waals surface area (Å²) in [7, 11) is 0. The predicted octanol–water partition coefficient (Wildman–Crippen LogP) is 2.90. The Kier molecular flexibility index (Phi) is 6.04. The average Bonchev–Trinajstić information content (AvgIpc) is 2.35. The predicted molar refractivity (Wildman–Crippen MR) is 76.4 cm³/mol. The molecule has 1 saturated carbocycles. The number of nitrogens with one attached hydrogen (secondary N) is 1. The molecule has 1 aliphatic carbocycles. The van der Waals surface area contributed by atoms with Crippen molar-refractivity contribution in [2.45, 2.75) is 37.8 Å². The van der Waals surface area contributed by atoms with Crippen molar-refractivity contribution in [1.82, 2.24) is 5.32 Å². The quantitative estimate of drug-likeness (QED) is 0.882. The van der Waals surface area contributed by atoms with E-state index >= 15 is 0 Å². The van der Waals surface area contributed by atoms with Gasteiger partial charge in [0.1, 0.15) is 5.82 Å². The summed E-state index contributed by atoms with van der Waals surface area (Å²) < 4.78 is 13.2. The first-order valence-electron chi connectivity index (χ1n) is 6.08. The fraction of sp³-hybridized carbons (Fsp3) is 0.462. The van der Waals surface area contributed by atoms with Gasteiger partial charge in [-0.1, -0.05) is 17.7 Å². The van der Waals surface area contributed by atoms with Crippen LogP contribution in [0, 0.1) is 5.82 Å². The molecule has 3 nitrogen and oxygen atoms in total. The maximum absolute atomic E-state index is 13.2. The standard InChI is InChI=1S/C13H16ClFN2O.ClH/c14-12-10(2-1-3-11(12)15)13(18)17-9-6-4-8(16)5-7-9;/h1-3,8-9H,4-7,16H2,(H,17,18);1H. The summed E-state index contributed by atoms with van der Waals surface area (Å²) >= 11 is 5.77. The van der Waals surface area contributed by atoms with Gasteiger partial charge in [0.25, 0.3) is 5.91 Å². The van der Waals surface area contributed by atoms with Crippen molar-refractivity contribution in [2.24, 2.45) is 5.73 Å². The minimum Gasteiger partial charge on any atom is -0.349 e. The van der Waals surface area contributed by atoms with Gasteiger partial charge < -0.3 is 11.1 Å². The molecule has 6 heteroatoms. The smallest absolute Gasteiger partial charge is 0.253 e.